The second-order valence-electron chi connectivity index (χ2n) is 2.68. The second-order valence-corrected chi connectivity index (χ2v) is 3.59. The van der Waals surface area contributed by atoms with Crippen LogP contribution < -0.4 is 5.73 Å². The lowest BCUT2D eigenvalue weighted by molar-refractivity contribution is 0.543. The van der Waals surface area contributed by atoms with Crippen LogP contribution >= 0.6 is 23.8 Å². The first-order valence-electron chi connectivity index (χ1n) is 3.57. The van der Waals surface area contributed by atoms with Crippen molar-refractivity contribution in [2.45, 2.75) is 13.5 Å². The first-order valence-corrected chi connectivity index (χ1v) is 4.35. The van der Waals surface area contributed by atoms with Crippen molar-refractivity contribution in [2.24, 2.45) is 11.7 Å². The van der Waals surface area contributed by atoms with Crippen LogP contribution in [0.3, 0.4) is 0 Å². The number of thiocarbonyl (C=S) groups is 1. The quantitative estimate of drug-likeness (QED) is 0.757. The van der Waals surface area contributed by atoms with Gasteiger partial charge in [0.05, 0.1) is 16.2 Å². The Morgan fingerprint density at radius 1 is 1.92 bits per heavy atom. The molecule has 0 unspecified atom stereocenters. The molecule has 0 amide bonds. The van der Waals surface area contributed by atoms with Crippen LogP contribution in [-0.4, -0.2) is 14.8 Å². The molecule has 5 heteroatoms. The van der Waals surface area contributed by atoms with Crippen LogP contribution in [0.1, 0.15) is 6.92 Å². The molecule has 1 aromatic heterocycles. The molecule has 0 aromatic carbocycles. The molecular weight excluding hydrogens is 194 g/mol. The van der Waals surface area contributed by atoms with Crippen molar-refractivity contribution in [1.82, 2.24) is 9.78 Å². The molecule has 2 N–H and O–H groups in total. The van der Waals surface area contributed by atoms with Crippen molar-refractivity contribution in [1.29, 1.82) is 0 Å². The van der Waals surface area contributed by atoms with Gasteiger partial charge in [-0.15, -0.1) is 0 Å². The summed E-state index contributed by atoms with van der Waals surface area (Å²) in [5.74, 6) is 0.149. The van der Waals surface area contributed by atoms with E-state index in [1.807, 2.05) is 6.92 Å². The molecule has 1 heterocycles. The highest BCUT2D eigenvalue weighted by molar-refractivity contribution is 7.80. The fourth-order valence-corrected chi connectivity index (χ4v) is 1.04. The highest BCUT2D eigenvalue weighted by atomic mass is 35.5. The number of hydrogen-bond donors (Lipinski definition) is 1. The lowest BCUT2D eigenvalue weighted by Gasteiger charge is -2.08. The summed E-state index contributed by atoms with van der Waals surface area (Å²) in [5.41, 5.74) is 5.45. The SMILES string of the molecule is C[C@@H](Cn1cc(Cl)cn1)C(N)=S. The Morgan fingerprint density at radius 2 is 2.58 bits per heavy atom. The third kappa shape index (κ3) is 2.46. The molecule has 0 aliphatic carbocycles. The first-order chi connectivity index (χ1) is 5.59. The third-order valence-corrected chi connectivity index (χ3v) is 2.15. The summed E-state index contributed by atoms with van der Waals surface area (Å²) in [6.07, 6.45) is 3.34. The summed E-state index contributed by atoms with van der Waals surface area (Å²) >= 11 is 10.5. The number of aromatic nitrogens is 2. The Hall–Kier alpha value is -0.610. The zero-order chi connectivity index (χ0) is 9.14. The summed E-state index contributed by atoms with van der Waals surface area (Å²) < 4.78 is 1.73. The molecule has 1 aromatic rings. The predicted molar refractivity (Wildman–Crippen MR) is 53.2 cm³/mol. The summed E-state index contributed by atoms with van der Waals surface area (Å²) in [7, 11) is 0. The average molecular weight is 204 g/mol. The summed E-state index contributed by atoms with van der Waals surface area (Å²) in [6.45, 7) is 2.64. The van der Waals surface area contributed by atoms with Gasteiger partial charge in [0.1, 0.15) is 0 Å². The van der Waals surface area contributed by atoms with Crippen LogP contribution in [0.5, 0.6) is 0 Å². The Bertz CT molecular complexity index is 284. The Morgan fingerprint density at radius 3 is 3.00 bits per heavy atom. The van der Waals surface area contributed by atoms with Crippen LogP contribution in [0.4, 0.5) is 0 Å². The Kier molecular flexibility index (Phi) is 3.05. The van der Waals surface area contributed by atoms with E-state index in [1.165, 1.54) is 0 Å². The number of nitrogens with two attached hydrogens (primary N) is 1. The van der Waals surface area contributed by atoms with Crippen LogP contribution in [0.15, 0.2) is 12.4 Å². The predicted octanol–water partition coefficient (Wildman–Crippen LogP) is 1.46. The van der Waals surface area contributed by atoms with Crippen LogP contribution in [0.25, 0.3) is 0 Å². The van der Waals surface area contributed by atoms with Gasteiger partial charge in [0, 0.05) is 18.7 Å². The number of halogens is 1. The maximum absolute atomic E-state index is 5.68. The molecular formula is C7H10ClN3S. The molecule has 0 spiro atoms. The molecule has 12 heavy (non-hydrogen) atoms. The van der Waals surface area contributed by atoms with Crippen LogP contribution in [0.2, 0.25) is 5.02 Å². The fraction of sp³-hybridized carbons (Fsp3) is 0.429. The zero-order valence-electron chi connectivity index (χ0n) is 6.70. The van der Waals surface area contributed by atoms with Crippen LogP contribution in [-0.2, 0) is 6.54 Å². The molecule has 3 nitrogen and oxygen atoms in total. The molecule has 0 saturated heterocycles. The van der Waals surface area contributed by atoms with Gasteiger partial charge in [-0.3, -0.25) is 4.68 Å². The van der Waals surface area contributed by atoms with E-state index in [1.54, 1.807) is 17.1 Å². The first kappa shape index (κ1) is 9.48. The lowest BCUT2D eigenvalue weighted by atomic mass is 10.2. The molecule has 1 atom stereocenters. The Balaban J connectivity index is 2.58. The Labute approximate surface area is 81.5 Å². The van der Waals surface area contributed by atoms with Gasteiger partial charge < -0.3 is 5.73 Å². The third-order valence-electron chi connectivity index (χ3n) is 1.55. The van der Waals surface area contributed by atoms with Crippen molar-refractivity contribution in [3.63, 3.8) is 0 Å². The van der Waals surface area contributed by atoms with Crippen molar-refractivity contribution in [3.8, 4) is 0 Å². The standard InChI is InChI=1S/C7H10ClN3S/c1-5(7(9)12)3-11-4-6(8)2-10-11/h2,4-5H,3H2,1H3,(H2,9,12)/t5-/m0/s1. The highest BCUT2D eigenvalue weighted by Crippen LogP contribution is 2.07. The van der Waals surface area contributed by atoms with Crippen molar-refractivity contribution >= 4 is 28.8 Å². The molecule has 0 bridgehead atoms. The van der Waals surface area contributed by atoms with E-state index >= 15 is 0 Å². The van der Waals surface area contributed by atoms with Crippen molar-refractivity contribution < 1.29 is 0 Å². The van der Waals surface area contributed by atoms with E-state index in [0.717, 1.165) is 0 Å². The van der Waals surface area contributed by atoms with E-state index in [0.29, 0.717) is 16.6 Å². The molecule has 0 radical (unpaired) electrons. The van der Waals surface area contributed by atoms with Gasteiger partial charge in [0.25, 0.3) is 0 Å². The monoisotopic (exact) mass is 203 g/mol. The molecule has 0 aliphatic rings. The fourth-order valence-electron chi connectivity index (χ4n) is 0.809. The van der Waals surface area contributed by atoms with E-state index in [9.17, 15) is 0 Å². The van der Waals surface area contributed by atoms with Gasteiger partial charge in [-0.25, -0.2) is 0 Å². The summed E-state index contributed by atoms with van der Waals surface area (Å²) in [4.78, 5) is 0.502. The minimum atomic E-state index is 0.149. The van der Waals surface area contributed by atoms with Gasteiger partial charge in [0.2, 0.25) is 0 Å². The van der Waals surface area contributed by atoms with E-state index < -0.39 is 0 Å². The summed E-state index contributed by atoms with van der Waals surface area (Å²) in [6, 6.07) is 0. The molecule has 0 fully saturated rings. The molecule has 0 saturated carbocycles. The topological polar surface area (TPSA) is 43.8 Å². The van der Waals surface area contributed by atoms with E-state index in [4.69, 9.17) is 29.6 Å². The zero-order valence-corrected chi connectivity index (χ0v) is 8.27. The highest BCUT2D eigenvalue weighted by Gasteiger charge is 2.06. The van der Waals surface area contributed by atoms with Gasteiger partial charge in [0.15, 0.2) is 0 Å². The van der Waals surface area contributed by atoms with E-state index in [-0.39, 0.29) is 5.92 Å². The number of hydrogen-bond acceptors (Lipinski definition) is 2. The van der Waals surface area contributed by atoms with Gasteiger partial charge in [-0.05, 0) is 0 Å². The minimum Gasteiger partial charge on any atom is -0.393 e. The normalized spacial score (nSPS) is 12.8. The van der Waals surface area contributed by atoms with Gasteiger partial charge in [-0.1, -0.05) is 30.7 Å². The van der Waals surface area contributed by atoms with Crippen molar-refractivity contribution in [3.05, 3.63) is 17.4 Å². The maximum atomic E-state index is 5.68. The van der Waals surface area contributed by atoms with Gasteiger partial charge >= 0.3 is 0 Å². The molecule has 0 aliphatic heterocycles. The number of nitrogens with zero attached hydrogens (tertiary/aromatic N) is 2. The molecule has 1 rings (SSSR count). The maximum Gasteiger partial charge on any atom is 0.0785 e. The lowest BCUT2D eigenvalue weighted by Crippen LogP contribution is -2.22. The second kappa shape index (κ2) is 3.87. The van der Waals surface area contributed by atoms with Gasteiger partial charge in [-0.2, -0.15) is 5.10 Å². The summed E-state index contributed by atoms with van der Waals surface area (Å²) in [5, 5.41) is 4.64. The van der Waals surface area contributed by atoms with E-state index in [2.05, 4.69) is 5.10 Å². The average Bonchev–Trinajstić information content (AvgIpc) is 2.35. The smallest absolute Gasteiger partial charge is 0.0785 e. The van der Waals surface area contributed by atoms with Crippen molar-refractivity contribution in [2.75, 3.05) is 0 Å². The minimum absolute atomic E-state index is 0.149. The van der Waals surface area contributed by atoms with Crippen LogP contribution in [0, 0.1) is 5.92 Å². The largest absolute Gasteiger partial charge is 0.393 e. The number of rotatable bonds is 3. The molecule has 66 valence electrons.